The molecule has 1 saturated carbocycles. The molecule has 3 N–H and O–H groups in total. The summed E-state index contributed by atoms with van der Waals surface area (Å²) in [5.41, 5.74) is 0.663. The fourth-order valence-electron chi connectivity index (χ4n) is 3.51. The number of hydrogen-bond donors (Lipinski definition) is 3. The number of carbonyl (C=O) groups excluding carboxylic acids is 1. The van der Waals surface area contributed by atoms with Crippen LogP contribution < -0.4 is 10.6 Å². The van der Waals surface area contributed by atoms with Crippen molar-refractivity contribution in [2.24, 2.45) is 0 Å². The smallest absolute Gasteiger partial charge is 0.267 e. The quantitative estimate of drug-likeness (QED) is 0.446. The van der Waals surface area contributed by atoms with Crippen LogP contribution in [0.3, 0.4) is 0 Å². The van der Waals surface area contributed by atoms with Crippen molar-refractivity contribution < 1.29 is 18.0 Å². The van der Waals surface area contributed by atoms with Crippen LogP contribution in [0.25, 0.3) is 11.0 Å². The number of fused-ring (bicyclic) bond motifs is 1. The number of hydrogen-bond acceptors (Lipinski definition) is 3. The summed E-state index contributed by atoms with van der Waals surface area (Å²) in [4.78, 5) is 19.6. The number of nitrogens with one attached hydrogen (secondary N) is 3. The van der Waals surface area contributed by atoms with Gasteiger partial charge in [-0.25, -0.2) is 18.2 Å². The first-order valence-electron chi connectivity index (χ1n) is 9.33. The van der Waals surface area contributed by atoms with E-state index in [-0.39, 0.29) is 29.9 Å². The number of aromatic amines is 1. The van der Waals surface area contributed by atoms with Gasteiger partial charge in [-0.05, 0) is 31.0 Å². The number of nitrogens with zero attached hydrogens (tertiary/aromatic N) is 1. The van der Waals surface area contributed by atoms with E-state index in [0.29, 0.717) is 34.1 Å². The van der Waals surface area contributed by atoms with Gasteiger partial charge in [-0.15, -0.1) is 0 Å². The summed E-state index contributed by atoms with van der Waals surface area (Å²) in [6.45, 7) is 0. The lowest BCUT2D eigenvalue weighted by atomic mass is 9.91. The molecule has 0 bridgehead atoms. The molecular formula is C20H17Cl2F3N4O. The minimum Gasteiger partial charge on any atom is -0.343 e. The van der Waals surface area contributed by atoms with E-state index in [1.165, 1.54) is 6.07 Å². The van der Waals surface area contributed by atoms with E-state index < -0.39 is 23.7 Å². The maximum absolute atomic E-state index is 14.5. The highest BCUT2D eigenvalue weighted by atomic mass is 35.5. The van der Waals surface area contributed by atoms with Crippen molar-refractivity contribution in [3.63, 3.8) is 0 Å². The summed E-state index contributed by atoms with van der Waals surface area (Å²) in [7, 11) is 0. The number of aromatic nitrogens is 2. The largest absolute Gasteiger partial charge is 0.343 e. The number of rotatable bonds is 4. The second-order valence-corrected chi connectivity index (χ2v) is 8.00. The maximum atomic E-state index is 14.5. The number of H-pyrrole nitrogens is 1. The second kappa shape index (κ2) is 8.00. The predicted octanol–water partition coefficient (Wildman–Crippen LogP) is 6.06. The van der Waals surface area contributed by atoms with Crippen LogP contribution in [-0.2, 0) is 0 Å². The highest BCUT2D eigenvalue weighted by Gasteiger charge is 2.42. The van der Waals surface area contributed by atoms with Crippen LogP contribution in [0.2, 0.25) is 10.0 Å². The van der Waals surface area contributed by atoms with Crippen molar-refractivity contribution in [1.82, 2.24) is 15.3 Å². The van der Waals surface area contributed by atoms with Crippen LogP contribution in [0.5, 0.6) is 0 Å². The Morgan fingerprint density at radius 2 is 1.93 bits per heavy atom. The lowest BCUT2D eigenvalue weighted by Crippen LogP contribution is -2.49. The van der Waals surface area contributed by atoms with Gasteiger partial charge in [0.05, 0.1) is 38.4 Å². The molecule has 158 valence electrons. The Morgan fingerprint density at radius 1 is 1.20 bits per heavy atom. The standard InChI is InChI=1S/C20H17Cl2F3N4O/c21-11-4-3-5-12(22)17(11)29-19-26-14-8-10(13(23)9-15(14)27-19)18(30)28-16-6-1-2-7-20(16,24)25/h3-5,8-9,16H,1-2,6-7H2,(H,28,30)(H2,26,27,29). The van der Waals surface area contributed by atoms with Gasteiger partial charge in [-0.3, -0.25) is 4.79 Å². The number of imidazole rings is 1. The van der Waals surface area contributed by atoms with Crippen LogP contribution in [0.15, 0.2) is 30.3 Å². The van der Waals surface area contributed by atoms with Crippen molar-refractivity contribution in [2.75, 3.05) is 5.32 Å². The molecule has 1 heterocycles. The summed E-state index contributed by atoms with van der Waals surface area (Å²) < 4.78 is 42.6. The molecule has 30 heavy (non-hydrogen) atoms. The molecule has 1 aromatic heterocycles. The van der Waals surface area contributed by atoms with Gasteiger partial charge in [0.2, 0.25) is 5.95 Å². The Bertz CT molecular complexity index is 1100. The number of alkyl halides is 2. The average molecular weight is 457 g/mol. The Labute approximate surface area is 180 Å². The summed E-state index contributed by atoms with van der Waals surface area (Å²) in [6, 6.07) is 5.97. The van der Waals surface area contributed by atoms with Gasteiger partial charge in [0, 0.05) is 12.5 Å². The molecule has 0 radical (unpaired) electrons. The molecule has 5 nitrogen and oxygen atoms in total. The molecule has 1 unspecified atom stereocenters. The summed E-state index contributed by atoms with van der Waals surface area (Å²) >= 11 is 12.2. The van der Waals surface area contributed by atoms with Crippen molar-refractivity contribution in [1.29, 1.82) is 0 Å². The van der Waals surface area contributed by atoms with E-state index in [2.05, 4.69) is 20.6 Å². The number of amides is 1. The molecule has 10 heteroatoms. The molecule has 1 fully saturated rings. The van der Waals surface area contributed by atoms with E-state index in [1.54, 1.807) is 18.2 Å². The third kappa shape index (κ3) is 4.06. The molecule has 2 aromatic carbocycles. The van der Waals surface area contributed by atoms with Crippen LogP contribution in [0.1, 0.15) is 36.0 Å². The van der Waals surface area contributed by atoms with Gasteiger partial charge in [-0.2, -0.15) is 0 Å². The summed E-state index contributed by atoms with van der Waals surface area (Å²) in [5.74, 6) is -4.51. The highest BCUT2D eigenvalue weighted by Crippen LogP contribution is 2.34. The van der Waals surface area contributed by atoms with Gasteiger partial charge < -0.3 is 15.6 Å². The Morgan fingerprint density at radius 3 is 2.63 bits per heavy atom. The fraction of sp³-hybridized carbons (Fsp3) is 0.300. The minimum absolute atomic E-state index is 0.150. The van der Waals surface area contributed by atoms with Gasteiger partial charge >= 0.3 is 0 Å². The fourth-order valence-corrected chi connectivity index (χ4v) is 4.00. The molecule has 4 rings (SSSR count). The van der Waals surface area contributed by atoms with E-state index in [9.17, 15) is 18.0 Å². The van der Waals surface area contributed by atoms with Crippen LogP contribution >= 0.6 is 23.2 Å². The van der Waals surface area contributed by atoms with Gasteiger partial charge in [0.15, 0.2) is 0 Å². The summed E-state index contributed by atoms with van der Waals surface area (Å²) in [5, 5.41) is 5.92. The third-order valence-electron chi connectivity index (χ3n) is 5.09. The summed E-state index contributed by atoms with van der Waals surface area (Å²) in [6.07, 6.45) is 0.843. The van der Waals surface area contributed by atoms with Crippen LogP contribution in [0, 0.1) is 5.82 Å². The topological polar surface area (TPSA) is 69.8 Å². The average Bonchev–Trinajstić information content (AvgIpc) is 3.07. The molecule has 0 spiro atoms. The Hall–Kier alpha value is -2.45. The lowest BCUT2D eigenvalue weighted by molar-refractivity contribution is -0.0609. The predicted molar refractivity (Wildman–Crippen MR) is 110 cm³/mol. The number of benzene rings is 2. The first-order chi connectivity index (χ1) is 14.2. The molecule has 0 saturated heterocycles. The minimum atomic E-state index is -3.01. The normalized spacial score (nSPS) is 18.4. The van der Waals surface area contributed by atoms with Gasteiger partial charge in [-0.1, -0.05) is 35.7 Å². The van der Waals surface area contributed by atoms with E-state index in [0.717, 1.165) is 6.07 Å². The zero-order valence-electron chi connectivity index (χ0n) is 15.5. The van der Waals surface area contributed by atoms with Crippen molar-refractivity contribution in [3.8, 4) is 0 Å². The van der Waals surface area contributed by atoms with Crippen molar-refractivity contribution >= 4 is 51.8 Å². The second-order valence-electron chi connectivity index (χ2n) is 7.19. The monoisotopic (exact) mass is 456 g/mol. The van der Waals surface area contributed by atoms with E-state index in [1.807, 2.05) is 0 Å². The van der Waals surface area contributed by atoms with Crippen LogP contribution in [0.4, 0.5) is 24.8 Å². The SMILES string of the molecule is O=C(NC1CCCCC1(F)F)c1cc2nc(Nc3c(Cl)cccc3Cl)[nH]c2cc1F. The molecule has 3 aromatic rings. The molecule has 1 aliphatic rings. The van der Waals surface area contributed by atoms with Crippen molar-refractivity contribution in [3.05, 3.63) is 51.8 Å². The molecule has 1 aliphatic carbocycles. The number of halogens is 5. The zero-order chi connectivity index (χ0) is 21.5. The van der Waals surface area contributed by atoms with Gasteiger partial charge in [0.1, 0.15) is 5.82 Å². The molecule has 1 atom stereocenters. The number of para-hydroxylation sites is 1. The first kappa shape index (κ1) is 20.8. The van der Waals surface area contributed by atoms with E-state index in [4.69, 9.17) is 23.2 Å². The van der Waals surface area contributed by atoms with Crippen molar-refractivity contribution in [2.45, 2.75) is 37.6 Å². The zero-order valence-corrected chi connectivity index (χ0v) is 17.0. The first-order valence-corrected chi connectivity index (χ1v) is 10.1. The Balaban J connectivity index is 1.60. The number of anilines is 2. The molecular weight excluding hydrogens is 440 g/mol. The van der Waals surface area contributed by atoms with E-state index >= 15 is 0 Å². The molecule has 1 amide bonds. The third-order valence-corrected chi connectivity index (χ3v) is 5.72. The maximum Gasteiger partial charge on any atom is 0.267 e. The van der Waals surface area contributed by atoms with Crippen LogP contribution in [-0.4, -0.2) is 27.8 Å². The Kier molecular flexibility index (Phi) is 5.55. The lowest BCUT2D eigenvalue weighted by Gasteiger charge is -2.31. The van der Waals surface area contributed by atoms with Gasteiger partial charge in [0.25, 0.3) is 11.8 Å². The molecule has 0 aliphatic heterocycles. The highest BCUT2D eigenvalue weighted by molar-refractivity contribution is 6.39. The number of carbonyl (C=O) groups is 1.